The third kappa shape index (κ3) is 6.64. The zero-order valence-electron chi connectivity index (χ0n) is 22.3. The second-order valence-corrected chi connectivity index (χ2v) is 12.0. The van der Waals surface area contributed by atoms with E-state index in [4.69, 9.17) is 4.74 Å². The number of hydrogen-bond donors (Lipinski definition) is 0. The maximum atomic E-state index is 12.0. The second-order valence-electron chi connectivity index (χ2n) is 12.0. The van der Waals surface area contributed by atoms with Crippen molar-refractivity contribution in [2.45, 2.75) is 124 Å². The fraction of sp³-hybridized carbons (Fsp3) is 0.774. The number of carbonyl (C=O) groups excluding carboxylic acids is 1. The van der Waals surface area contributed by atoms with Crippen molar-refractivity contribution in [3.63, 3.8) is 0 Å². The van der Waals surface area contributed by atoms with Gasteiger partial charge in [0.25, 0.3) is 0 Å². The van der Waals surface area contributed by atoms with E-state index < -0.39 is 0 Å². The van der Waals surface area contributed by atoms with Crippen LogP contribution in [0.5, 0.6) is 0 Å². The van der Waals surface area contributed by atoms with Crippen molar-refractivity contribution >= 4 is 5.97 Å². The molecule has 3 saturated carbocycles. The maximum absolute atomic E-state index is 12.0. The van der Waals surface area contributed by atoms with E-state index in [9.17, 15) is 4.79 Å². The molecule has 3 aliphatic rings. The normalized spacial score (nSPS) is 33.5. The van der Waals surface area contributed by atoms with E-state index in [0.717, 1.165) is 49.4 Å². The van der Waals surface area contributed by atoms with Crippen LogP contribution >= 0.6 is 0 Å². The van der Waals surface area contributed by atoms with Gasteiger partial charge in [-0.25, -0.2) is 0 Å². The van der Waals surface area contributed by atoms with Gasteiger partial charge >= 0.3 is 5.97 Å². The van der Waals surface area contributed by atoms with Gasteiger partial charge in [0.1, 0.15) is 6.10 Å². The summed E-state index contributed by atoms with van der Waals surface area (Å²) in [5.41, 5.74) is 4.68. The number of hydrogen-bond acceptors (Lipinski definition) is 2. The molecule has 2 heteroatoms. The monoisotopic (exact) mass is 454 g/mol. The number of fused-ring (bicyclic) bond motifs is 1. The topological polar surface area (TPSA) is 26.3 Å². The summed E-state index contributed by atoms with van der Waals surface area (Å²) in [4.78, 5) is 12.0. The molecule has 3 aliphatic carbocycles. The van der Waals surface area contributed by atoms with Crippen molar-refractivity contribution in [1.82, 2.24) is 0 Å². The van der Waals surface area contributed by atoms with Crippen LogP contribution in [0.3, 0.4) is 0 Å². The van der Waals surface area contributed by atoms with Crippen molar-refractivity contribution in [1.29, 1.82) is 0 Å². The predicted molar refractivity (Wildman–Crippen MR) is 140 cm³/mol. The van der Waals surface area contributed by atoms with E-state index >= 15 is 0 Å². The molecule has 0 spiro atoms. The molecule has 0 aromatic carbocycles. The van der Waals surface area contributed by atoms with Crippen LogP contribution in [0, 0.1) is 29.1 Å². The van der Waals surface area contributed by atoms with Crippen LogP contribution in [0.25, 0.3) is 0 Å². The lowest BCUT2D eigenvalue weighted by Gasteiger charge is -2.44. The first-order valence-corrected chi connectivity index (χ1v) is 14.0. The highest BCUT2D eigenvalue weighted by Crippen LogP contribution is 2.60. The van der Waals surface area contributed by atoms with Gasteiger partial charge in [0.15, 0.2) is 0 Å². The van der Waals surface area contributed by atoms with Crippen LogP contribution in [0.15, 0.2) is 35.5 Å². The minimum atomic E-state index is -0.0460. The highest BCUT2D eigenvalue weighted by atomic mass is 16.5. The summed E-state index contributed by atoms with van der Waals surface area (Å²) in [6.07, 6.45) is 19.8. The van der Waals surface area contributed by atoms with Crippen LogP contribution in [0.4, 0.5) is 0 Å². The first kappa shape index (κ1) is 26.3. The lowest BCUT2D eigenvalue weighted by molar-refractivity contribution is -0.149. The van der Waals surface area contributed by atoms with Gasteiger partial charge in [-0.15, -0.1) is 0 Å². The summed E-state index contributed by atoms with van der Waals surface area (Å²) in [7, 11) is 0. The third-order valence-electron chi connectivity index (χ3n) is 9.09. The minimum Gasteiger partial charge on any atom is -0.462 e. The Morgan fingerprint density at radius 1 is 1.15 bits per heavy atom. The number of rotatable bonds is 9. The SMILES string of the molecule is C=C1CCC(OC(=O)CCC)CC1=CC=C1CCCC2(C)C1CCC2C(C)CCCC(C)C. The molecule has 2 nitrogen and oxygen atoms in total. The van der Waals surface area contributed by atoms with Crippen molar-refractivity contribution < 1.29 is 9.53 Å². The molecule has 0 aliphatic heterocycles. The molecule has 0 heterocycles. The van der Waals surface area contributed by atoms with Crippen LogP contribution in [-0.2, 0) is 9.53 Å². The predicted octanol–water partition coefficient (Wildman–Crippen LogP) is 8.97. The van der Waals surface area contributed by atoms with E-state index in [1.54, 1.807) is 5.57 Å². The molecule has 33 heavy (non-hydrogen) atoms. The summed E-state index contributed by atoms with van der Waals surface area (Å²) in [6, 6.07) is 0. The van der Waals surface area contributed by atoms with Gasteiger partial charge in [0.05, 0.1) is 0 Å². The molecule has 0 bridgehead atoms. The van der Waals surface area contributed by atoms with Crippen molar-refractivity contribution in [2.75, 3.05) is 0 Å². The van der Waals surface area contributed by atoms with E-state index in [1.807, 2.05) is 6.92 Å². The zero-order chi connectivity index (χ0) is 24.0. The molecule has 0 radical (unpaired) electrons. The molecule has 3 rings (SSSR count). The van der Waals surface area contributed by atoms with Crippen molar-refractivity contribution in [2.24, 2.45) is 29.1 Å². The minimum absolute atomic E-state index is 0.0263. The third-order valence-corrected chi connectivity index (χ3v) is 9.09. The zero-order valence-corrected chi connectivity index (χ0v) is 22.3. The van der Waals surface area contributed by atoms with Gasteiger partial charge in [-0.1, -0.05) is 83.8 Å². The van der Waals surface area contributed by atoms with Gasteiger partial charge in [-0.3, -0.25) is 4.79 Å². The number of ether oxygens (including phenoxy) is 1. The largest absolute Gasteiger partial charge is 0.462 e. The summed E-state index contributed by atoms with van der Waals surface area (Å²) < 4.78 is 5.73. The molecule has 0 aromatic heterocycles. The molecular formula is C31H50O2. The number of allylic oxidation sites excluding steroid dienone is 4. The van der Waals surface area contributed by atoms with E-state index in [2.05, 4.69) is 46.4 Å². The Balaban J connectivity index is 1.67. The molecule has 3 fully saturated rings. The van der Waals surface area contributed by atoms with Crippen LogP contribution in [-0.4, -0.2) is 12.1 Å². The summed E-state index contributed by atoms with van der Waals surface area (Å²) >= 11 is 0. The van der Waals surface area contributed by atoms with Crippen LogP contribution in [0.2, 0.25) is 0 Å². The number of esters is 1. The van der Waals surface area contributed by atoms with Gasteiger partial charge in [-0.2, -0.15) is 0 Å². The summed E-state index contributed by atoms with van der Waals surface area (Å²) in [5, 5.41) is 0. The molecule has 5 unspecified atom stereocenters. The smallest absolute Gasteiger partial charge is 0.306 e. The number of carbonyl (C=O) groups is 1. The highest BCUT2D eigenvalue weighted by molar-refractivity contribution is 5.69. The maximum Gasteiger partial charge on any atom is 0.306 e. The summed E-state index contributed by atoms with van der Waals surface area (Å²) in [6.45, 7) is 16.2. The first-order valence-electron chi connectivity index (χ1n) is 14.0. The average molecular weight is 455 g/mol. The molecule has 0 saturated heterocycles. The molecule has 0 aromatic rings. The Morgan fingerprint density at radius 2 is 1.94 bits per heavy atom. The van der Waals surface area contributed by atoms with Gasteiger partial charge in [0, 0.05) is 12.8 Å². The average Bonchev–Trinajstić information content (AvgIpc) is 3.11. The van der Waals surface area contributed by atoms with Gasteiger partial charge in [0.2, 0.25) is 0 Å². The van der Waals surface area contributed by atoms with Crippen LogP contribution in [0.1, 0.15) is 118 Å². The molecular weight excluding hydrogens is 404 g/mol. The van der Waals surface area contributed by atoms with Gasteiger partial charge < -0.3 is 4.74 Å². The van der Waals surface area contributed by atoms with Crippen LogP contribution < -0.4 is 0 Å². The molecule has 0 N–H and O–H groups in total. The fourth-order valence-electron chi connectivity index (χ4n) is 7.19. The fourth-order valence-corrected chi connectivity index (χ4v) is 7.19. The standard InChI is InChI=1S/C31H50O2/c1-7-10-30(32)33-27-17-14-23(4)26(21-27)16-15-25-13-9-20-31(6)28(18-19-29(25)31)24(5)12-8-11-22(2)3/h15-16,22,24,27-29H,4,7-14,17-21H2,1-3,5-6H3. The quantitative estimate of drug-likeness (QED) is 0.325. The first-order chi connectivity index (χ1) is 15.7. The van der Waals surface area contributed by atoms with E-state index in [-0.39, 0.29) is 12.1 Å². The molecule has 186 valence electrons. The lowest BCUT2D eigenvalue weighted by atomic mass is 9.60. The lowest BCUT2D eigenvalue weighted by Crippen LogP contribution is -2.36. The van der Waals surface area contributed by atoms with Gasteiger partial charge in [-0.05, 0) is 86.0 Å². The highest BCUT2D eigenvalue weighted by Gasteiger charge is 2.50. The Hall–Kier alpha value is -1.31. The molecule has 0 amide bonds. The van der Waals surface area contributed by atoms with E-state index in [1.165, 1.54) is 62.5 Å². The Morgan fingerprint density at radius 3 is 2.67 bits per heavy atom. The Bertz CT molecular complexity index is 742. The van der Waals surface area contributed by atoms with E-state index in [0.29, 0.717) is 11.8 Å². The Labute approximate surface area is 204 Å². The Kier molecular flexibility index (Phi) is 9.48. The van der Waals surface area contributed by atoms with Crippen molar-refractivity contribution in [3.05, 3.63) is 35.5 Å². The molecule has 5 atom stereocenters. The summed E-state index contributed by atoms with van der Waals surface area (Å²) in [5.74, 6) is 3.24. The van der Waals surface area contributed by atoms with Crippen molar-refractivity contribution in [3.8, 4) is 0 Å². The second kappa shape index (κ2) is 11.9.